The van der Waals surface area contributed by atoms with Crippen LogP contribution in [0.3, 0.4) is 0 Å². The number of ether oxygens (including phenoxy) is 3. The summed E-state index contributed by atoms with van der Waals surface area (Å²) in [5, 5.41) is 2.84. The van der Waals surface area contributed by atoms with Crippen LogP contribution in [0.2, 0.25) is 0 Å². The van der Waals surface area contributed by atoms with Crippen LogP contribution in [0.5, 0.6) is 17.2 Å². The first-order valence-electron chi connectivity index (χ1n) is 10.4. The molecule has 2 amide bonds. The molecule has 0 spiro atoms. The number of carbonyl (C=O) groups is 2. The van der Waals surface area contributed by atoms with Crippen LogP contribution in [0.4, 0.5) is 5.69 Å². The first kappa shape index (κ1) is 22.6. The maximum Gasteiger partial charge on any atom is 0.238 e. The maximum absolute atomic E-state index is 12.3. The summed E-state index contributed by atoms with van der Waals surface area (Å²) in [6.45, 7) is 5.21. The maximum atomic E-state index is 12.3. The second kappa shape index (κ2) is 11.3. The fourth-order valence-electron chi connectivity index (χ4n) is 3.16. The fourth-order valence-corrected chi connectivity index (χ4v) is 3.16. The topological polar surface area (TPSA) is 80.3 Å². The van der Waals surface area contributed by atoms with Gasteiger partial charge in [-0.25, -0.2) is 0 Å². The molecule has 2 aromatic carbocycles. The molecule has 8 nitrogen and oxygen atoms in total. The monoisotopic (exact) mass is 427 g/mol. The van der Waals surface area contributed by atoms with E-state index in [0.29, 0.717) is 50.1 Å². The van der Waals surface area contributed by atoms with Gasteiger partial charge in [0.25, 0.3) is 0 Å². The second-order valence-electron chi connectivity index (χ2n) is 7.24. The first-order valence-corrected chi connectivity index (χ1v) is 10.4. The van der Waals surface area contributed by atoms with E-state index in [-0.39, 0.29) is 24.9 Å². The summed E-state index contributed by atoms with van der Waals surface area (Å²) in [6.07, 6.45) is 0. The van der Waals surface area contributed by atoms with Gasteiger partial charge >= 0.3 is 0 Å². The van der Waals surface area contributed by atoms with Crippen molar-refractivity contribution < 1.29 is 23.8 Å². The molecule has 1 saturated heterocycles. The number of nitrogens with zero attached hydrogens (tertiary/aromatic N) is 2. The van der Waals surface area contributed by atoms with E-state index in [1.807, 2.05) is 31.2 Å². The highest BCUT2D eigenvalue weighted by Gasteiger charge is 2.19. The molecule has 1 fully saturated rings. The molecule has 0 atom stereocenters. The summed E-state index contributed by atoms with van der Waals surface area (Å²) < 4.78 is 16.5. The third-order valence-electron chi connectivity index (χ3n) is 4.69. The Labute approximate surface area is 182 Å². The van der Waals surface area contributed by atoms with Crippen LogP contribution in [0.25, 0.3) is 0 Å². The van der Waals surface area contributed by atoms with E-state index in [0.717, 1.165) is 5.75 Å². The molecule has 2 aromatic rings. The lowest BCUT2D eigenvalue weighted by atomic mass is 10.3. The van der Waals surface area contributed by atoms with Gasteiger partial charge in [-0.3, -0.25) is 14.5 Å². The minimum absolute atomic E-state index is 0.00870. The number of hydrogen-bond acceptors (Lipinski definition) is 6. The Morgan fingerprint density at radius 2 is 1.55 bits per heavy atom. The highest BCUT2D eigenvalue weighted by Crippen LogP contribution is 2.25. The number of likely N-dealkylation sites (N-methyl/N-ethyl adjacent to an activating group) is 1. The van der Waals surface area contributed by atoms with Crippen LogP contribution < -0.4 is 14.8 Å². The molecule has 0 unspecified atom stereocenters. The lowest BCUT2D eigenvalue weighted by Gasteiger charge is -2.28. The molecule has 1 heterocycles. The Morgan fingerprint density at radius 3 is 2.16 bits per heavy atom. The smallest absolute Gasteiger partial charge is 0.238 e. The van der Waals surface area contributed by atoms with Crippen molar-refractivity contribution in [3.05, 3.63) is 48.5 Å². The summed E-state index contributed by atoms with van der Waals surface area (Å²) in [4.78, 5) is 28.0. The van der Waals surface area contributed by atoms with Crippen molar-refractivity contribution in [2.24, 2.45) is 0 Å². The molecule has 0 aliphatic carbocycles. The molecule has 0 radical (unpaired) electrons. The predicted molar refractivity (Wildman–Crippen MR) is 118 cm³/mol. The third kappa shape index (κ3) is 7.27. The number of carbonyl (C=O) groups excluding carboxylic acids is 2. The van der Waals surface area contributed by atoms with Crippen molar-refractivity contribution in [3.8, 4) is 17.2 Å². The summed E-state index contributed by atoms with van der Waals surface area (Å²) in [5.41, 5.74) is 0.664. The van der Waals surface area contributed by atoms with E-state index in [1.165, 1.54) is 0 Å². The number of rotatable bonds is 9. The van der Waals surface area contributed by atoms with Gasteiger partial charge in [0.1, 0.15) is 17.2 Å². The van der Waals surface area contributed by atoms with Crippen LogP contribution in [0, 0.1) is 0 Å². The summed E-state index contributed by atoms with van der Waals surface area (Å²) in [6, 6.07) is 14.5. The summed E-state index contributed by atoms with van der Waals surface area (Å²) in [7, 11) is 1.76. The van der Waals surface area contributed by atoms with Gasteiger partial charge in [-0.15, -0.1) is 0 Å². The van der Waals surface area contributed by atoms with E-state index in [4.69, 9.17) is 14.2 Å². The average Bonchev–Trinajstić information content (AvgIpc) is 2.77. The lowest BCUT2D eigenvalue weighted by molar-refractivity contribution is -0.136. The molecule has 8 heteroatoms. The van der Waals surface area contributed by atoms with Crippen molar-refractivity contribution in [3.63, 3.8) is 0 Å². The van der Waals surface area contributed by atoms with Crippen LogP contribution in [0.15, 0.2) is 48.5 Å². The van der Waals surface area contributed by atoms with E-state index in [9.17, 15) is 9.59 Å². The molecule has 0 saturated carbocycles. The van der Waals surface area contributed by atoms with E-state index in [2.05, 4.69) is 5.32 Å². The van der Waals surface area contributed by atoms with Gasteiger partial charge < -0.3 is 24.4 Å². The van der Waals surface area contributed by atoms with Crippen LogP contribution in [0.1, 0.15) is 6.92 Å². The van der Waals surface area contributed by atoms with Gasteiger partial charge in [-0.1, -0.05) is 0 Å². The molecule has 0 aromatic heterocycles. The predicted octanol–water partition coefficient (Wildman–Crippen LogP) is 2.61. The van der Waals surface area contributed by atoms with Crippen molar-refractivity contribution >= 4 is 17.5 Å². The first-order chi connectivity index (χ1) is 15.0. The zero-order valence-electron chi connectivity index (χ0n) is 18.0. The molecule has 1 N–H and O–H groups in total. The van der Waals surface area contributed by atoms with Gasteiger partial charge in [0.2, 0.25) is 11.8 Å². The normalized spacial score (nSPS) is 13.7. The largest absolute Gasteiger partial charge is 0.494 e. The van der Waals surface area contributed by atoms with Gasteiger partial charge in [0.05, 0.1) is 32.9 Å². The Hall–Kier alpha value is -3.10. The number of nitrogens with one attached hydrogen (secondary N) is 1. The molecule has 166 valence electrons. The lowest BCUT2D eigenvalue weighted by Crippen LogP contribution is -2.46. The third-order valence-corrected chi connectivity index (χ3v) is 4.69. The second-order valence-corrected chi connectivity index (χ2v) is 7.24. The van der Waals surface area contributed by atoms with Crippen molar-refractivity contribution in [1.82, 2.24) is 9.80 Å². The van der Waals surface area contributed by atoms with Crippen LogP contribution >= 0.6 is 0 Å². The fraction of sp³-hybridized carbons (Fsp3) is 0.391. The Balaban J connectivity index is 1.44. The van der Waals surface area contributed by atoms with Crippen molar-refractivity contribution in [2.45, 2.75) is 6.92 Å². The van der Waals surface area contributed by atoms with Gasteiger partial charge in [0, 0.05) is 18.8 Å². The zero-order valence-corrected chi connectivity index (χ0v) is 18.0. The summed E-state index contributed by atoms with van der Waals surface area (Å²) in [5.74, 6) is 1.98. The van der Waals surface area contributed by atoms with Gasteiger partial charge in [0.15, 0.2) is 0 Å². The average molecular weight is 428 g/mol. The van der Waals surface area contributed by atoms with Crippen LogP contribution in [-0.2, 0) is 14.3 Å². The van der Waals surface area contributed by atoms with E-state index < -0.39 is 0 Å². The van der Waals surface area contributed by atoms with E-state index in [1.54, 1.807) is 41.1 Å². The SMILES string of the molecule is CCOc1ccc(Oc2ccc(NC(=O)CN(C)CC(=O)N3CCOCC3)cc2)cc1. The molecular formula is C23H29N3O5. The minimum atomic E-state index is -0.183. The van der Waals surface area contributed by atoms with Gasteiger partial charge in [-0.05, 0) is 62.5 Å². The van der Waals surface area contributed by atoms with Crippen molar-refractivity contribution in [1.29, 1.82) is 0 Å². The molecule has 1 aliphatic rings. The molecular weight excluding hydrogens is 398 g/mol. The molecule has 31 heavy (non-hydrogen) atoms. The number of amides is 2. The minimum Gasteiger partial charge on any atom is -0.494 e. The van der Waals surface area contributed by atoms with Crippen molar-refractivity contribution in [2.75, 3.05) is 58.4 Å². The standard InChI is InChI=1S/C23H29N3O5/c1-3-30-19-8-10-21(11-9-19)31-20-6-4-18(5-7-20)24-22(27)16-25(2)17-23(28)26-12-14-29-15-13-26/h4-11H,3,12-17H2,1-2H3,(H,24,27). The number of anilines is 1. The Morgan fingerprint density at radius 1 is 0.968 bits per heavy atom. The molecule has 0 bridgehead atoms. The number of morpholine rings is 1. The van der Waals surface area contributed by atoms with Crippen LogP contribution in [-0.4, -0.2) is 74.7 Å². The van der Waals surface area contributed by atoms with E-state index >= 15 is 0 Å². The Bertz CT molecular complexity index is 849. The quantitative estimate of drug-likeness (QED) is 0.663. The Kier molecular flexibility index (Phi) is 8.26. The highest BCUT2D eigenvalue weighted by atomic mass is 16.5. The molecule has 1 aliphatic heterocycles. The number of hydrogen-bond donors (Lipinski definition) is 1. The highest BCUT2D eigenvalue weighted by molar-refractivity contribution is 5.92. The summed E-state index contributed by atoms with van der Waals surface area (Å²) >= 11 is 0. The zero-order chi connectivity index (χ0) is 22.1. The molecule has 3 rings (SSSR count). The number of benzene rings is 2. The van der Waals surface area contributed by atoms with Gasteiger partial charge in [-0.2, -0.15) is 0 Å².